The molecule has 3 aromatic rings. The third-order valence-electron chi connectivity index (χ3n) is 4.11. The van der Waals surface area contributed by atoms with E-state index in [1.807, 2.05) is 12.1 Å². The normalized spacial score (nSPS) is 11.1. The standard InChI is InChI=1S/C19H21BrN2O/c1-23-15-6-4-5-13(11-15)19-16(7-2-3-10-21)17-12-14(20)8-9-18(17)22-19/h4-6,8-9,11-12,22H,2-3,7,10,21H2,1H3. The second-order valence-electron chi connectivity index (χ2n) is 5.65. The molecule has 0 bridgehead atoms. The van der Waals surface area contributed by atoms with Crippen LogP contribution in [0, 0.1) is 0 Å². The van der Waals surface area contributed by atoms with E-state index in [0.717, 1.165) is 47.1 Å². The summed E-state index contributed by atoms with van der Waals surface area (Å²) < 4.78 is 6.47. The van der Waals surface area contributed by atoms with Crippen LogP contribution < -0.4 is 10.5 Å². The molecule has 0 aliphatic heterocycles. The zero-order chi connectivity index (χ0) is 16.2. The SMILES string of the molecule is COc1cccc(-c2[nH]c3ccc(Br)cc3c2CCCCN)c1. The number of hydrogen-bond donors (Lipinski definition) is 2. The summed E-state index contributed by atoms with van der Waals surface area (Å²) in [6.45, 7) is 0.737. The molecule has 0 spiro atoms. The first kappa shape index (κ1) is 16.1. The maximum atomic E-state index is 5.66. The van der Waals surface area contributed by atoms with Crippen molar-refractivity contribution in [3.63, 3.8) is 0 Å². The Bertz CT molecular complexity index is 810. The number of fused-ring (bicyclic) bond motifs is 1. The Balaban J connectivity index is 2.11. The molecular weight excluding hydrogens is 352 g/mol. The summed E-state index contributed by atoms with van der Waals surface area (Å²) in [5, 5.41) is 1.27. The first-order chi connectivity index (χ1) is 11.2. The minimum atomic E-state index is 0.737. The Hall–Kier alpha value is -1.78. The molecule has 120 valence electrons. The number of nitrogens with two attached hydrogens (primary N) is 1. The van der Waals surface area contributed by atoms with Gasteiger partial charge in [0.05, 0.1) is 7.11 Å². The van der Waals surface area contributed by atoms with Crippen molar-refractivity contribution in [3.05, 3.63) is 52.5 Å². The number of nitrogens with one attached hydrogen (secondary N) is 1. The van der Waals surface area contributed by atoms with Crippen molar-refractivity contribution >= 4 is 26.8 Å². The van der Waals surface area contributed by atoms with E-state index in [2.05, 4.69) is 51.2 Å². The van der Waals surface area contributed by atoms with Crippen LogP contribution in [0.4, 0.5) is 0 Å². The van der Waals surface area contributed by atoms with Crippen LogP contribution in [0.2, 0.25) is 0 Å². The summed E-state index contributed by atoms with van der Waals surface area (Å²) in [6.07, 6.45) is 3.14. The molecule has 3 nitrogen and oxygen atoms in total. The smallest absolute Gasteiger partial charge is 0.119 e. The molecular formula is C19H21BrN2O. The molecule has 0 aliphatic rings. The number of unbranched alkanes of at least 4 members (excludes halogenated alkanes) is 1. The number of aromatic nitrogens is 1. The molecule has 3 rings (SSSR count). The van der Waals surface area contributed by atoms with Crippen LogP contribution in [0.5, 0.6) is 5.75 Å². The van der Waals surface area contributed by atoms with E-state index in [4.69, 9.17) is 10.5 Å². The summed E-state index contributed by atoms with van der Waals surface area (Å²) in [4.78, 5) is 3.58. The molecule has 0 atom stereocenters. The van der Waals surface area contributed by atoms with Gasteiger partial charge in [-0.15, -0.1) is 0 Å². The van der Waals surface area contributed by atoms with Gasteiger partial charge >= 0.3 is 0 Å². The van der Waals surface area contributed by atoms with Crippen LogP contribution in [0.25, 0.3) is 22.2 Å². The lowest BCUT2D eigenvalue weighted by Gasteiger charge is -2.07. The monoisotopic (exact) mass is 372 g/mol. The predicted molar refractivity (Wildman–Crippen MR) is 100.0 cm³/mol. The van der Waals surface area contributed by atoms with E-state index >= 15 is 0 Å². The van der Waals surface area contributed by atoms with Crippen molar-refractivity contribution in [2.24, 2.45) is 5.73 Å². The molecule has 0 amide bonds. The maximum Gasteiger partial charge on any atom is 0.119 e. The number of rotatable bonds is 6. The highest BCUT2D eigenvalue weighted by Crippen LogP contribution is 2.34. The molecule has 0 saturated heterocycles. The Morgan fingerprint density at radius 3 is 2.78 bits per heavy atom. The average molecular weight is 373 g/mol. The largest absolute Gasteiger partial charge is 0.497 e. The van der Waals surface area contributed by atoms with Crippen LogP contribution >= 0.6 is 15.9 Å². The van der Waals surface area contributed by atoms with E-state index in [-0.39, 0.29) is 0 Å². The summed E-state index contributed by atoms with van der Waals surface area (Å²) in [6, 6.07) is 14.6. The fraction of sp³-hybridized carbons (Fsp3) is 0.263. The van der Waals surface area contributed by atoms with Gasteiger partial charge in [-0.05, 0) is 61.7 Å². The molecule has 0 saturated carbocycles. The lowest BCUT2D eigenvalue weighted by atomic mass is 10.00. The third kappa shape index (κ3) is 3.43. The van der Waals surface area contributed by atoms with Gasteiger partial charge in [-0.25, -0.2) is 0 Å². The number of halogens is 1. The molecule has 0 fully saturated rings. The fourth-order valence-electron chi connectivity index (χ4n) is 2.95. The van der Waals surface area contributed by atoms with Gasteiger partial charge in [0.15, 0.2) is 0 Å². The second kappa shape index (κ2) is 7.20. The van der Waals surface area contributed by atoms with Crippen LogP contribution in [-0.4, -0.2) is 18.6 Å². The third-order valence-corrected chi connectivity index (χ3v) is 4.60. The quantitative estimate of drug-likeness (QED) is 0.605. The molecule has 0 unspecified atom stereocenters. The zero-order valence-corrected chi connectivity index (χ0v) is 14.8. The average Bonchev–Trinajstić information content (AvgIpc) is 2.93. The molecule has 2 aromatic carbocycles. The second-order valence-corrected chi connectivity index (χ2v) is 6.56. The van der Waals surface area contributed by atoms with Crippen molar-refractivity contribution in [3.8, 4) is 17.0 Å². The van der Waals surface area contributed by atoms with Gasteiger partial charge in [-0.3, -0.25) is 0 Å². The van der Waals surface area contributed by atoms with Crippen molar-refractivity contribution in [2.45, 2.75) is 19.3 Å². The van der Waals surface area contributed by atoms with Crippen LogP contribution in [0.15, 0.2) is 46.9 Å². The van der Waals surface area contributed by atoms with Gasteiger partial charge in [0.2, 0.25) is 0 Å². The number of ether oxygens (including phenoxy) is 1. The molecule has 23 heavy (non-hydrogen) atoms. The summed E-state index contributed by atoms with van der Waals surface area (Å²) >= 11 is 3.58. The van der Waals surface area contributed by atoms with Crippen molar-refractivity contribution in [1.82, 2.24) is 4.98 Å². The van der Waals surface area contributed by atoms with Gasteiger partial charge < -0.3 is 15.5 Å². The van der Waals surface area contributed by atoms with E-state index in [9.17, 15) is 0 Å². The molecule has 0 radical (unpaired) electrons. The van der Waals surface area contributed by atoms with Crippen LogP contribution in [0.1, 0.15) is 18.4 Å². The Morgan fingerprint density at radius 2 is 2.00 bits per heavy atom. The number of methoxy groups -OCH3 is 1. The number of hydrogen-bond acceptors (Lipinski definition) is 2. The Labute approximate surface area is 145 Å². The first-order valence-electron chi connectivity index (χ1n) is 7.87. The van der Waals surface area contributed by atoms with Gasteiger partial charge in [0, 0.05) is 26.6 Å². The molecule has 0 aliphatic carbocycles. The number of aryl methyl sites for hydroxylation is 1. The number of H-pyrrole nitrogens is 1. The summed E-state index contributed by atoms with van der Waals surface area (Å²) in [5.41, 5.74) is 10.5. The number of benzene rings is 2. The Kier molecular flexibility index (Phi) is 5.03. The highest BCUT2D eigenvalue weighted by molar-refractivity contribution is 9.10. The summed E-state index contributed by atoms with van der Waals surface area (Å²) in [7, 11) is 1.70. The van der Waals surface area contributed by atoms with E-state index < -0.39 is 0 Å². The van der Waals surface area contributed by atoms with Crippen molar-refractivity contribution < 1.29 is 4.74 Å². The Morgan fingerprint density at radius 1 is 1.13 bits per heavy atom. The lowest BCUT2D eigenvalue weighted by molar-refractivity contribution is 0.415. The van der Waals surface area contributed by atoms with Crippen LogP contribution in [-0.2, 0) is 6.42 Å². The van der Waals surface area contributed by atoms with E-state index in [0.29, 0.717) is 0 Å². The maximum absolute atomic E-state index is 5.66. The first-order valence-corrected chi connectivity index (χ1v) is 8.67. The minimum Gasteiger partial charge on any atom is -0.497 e. The lowest BCUT2D eigenvalue weighted by Crippen LogP contribution is -1.99. The highest BCUT2D eigenvalue weighted by Gasteiger charge is 2.13. The van der Waals surface area contributed by atoms with E-state index in [1.54, 1.807) is 7.11 Å². The van der Waals surface area contributed by atoms with Gasteiger partial charge in [0.1, 0.15) is 5.75 Å². The van der Waals surface area contributed by atoms with Crippen molar-refractivity contribution in [1.29, 1.82) is 0 Å². The summed E-state index contributed by atoms with van der Waals surface area (Å²) in [5.74, 6) is 0.871. The molecule has 1 aromatic heterocycles. The van der Waals surface area contributed by atoms with E-state index in [1.165, 1.54) is 16.6 Å². The van der Waals surface area contributed by atoms with Crippen LogP contribution in [0.3, 0.4) is 0 Å². The van der Waals surface area contributed by atoms with Gasteiger partial charge in [-0.2, -0.15) is 0 Å². The van der Waals surface area contributed by atoms with Gasteiger partial charge in [0.25, 0.3) is 0 Å². The fourth-order valence-corrected chi connectivity index (χ4v) is 3.31. The molecule has 1 heterocycles. The van der Waals surface area contributed by atoms with Crippen molar-refractivity contribution in [2.75, 3.05) is 13.7 Å². The minimum absolute atomic E-state index is 0.737. The topological polar surface area (TPSA) is 51.0 Å². The highest BCUT2D eigenvalue weighted by atomic mass is 79.9. The number of aromatic amines is 1. The zero-order valence-electron chi connectivity index (χ0n) is 13.2. The predicted octanol–water partition coefficient (Wildman–Crippen LogP) is 4.89. The molecule has 3 N–H and O–H groups in total. The molecule has 4 heteroatoms. The van der Waals surface area contributed by atoms with Gasteiger partial charge in [-0.1, -0.05) is 28.1 Å².